The van der Waals surface area contributed by atoms with E-state index in [1.165, 1.54) is 42.6 Å². The van der Waals surface area contributed by atoms with Gasteiger partial charge in [-0.3, -0.25) is 10.1 Å². The smallest absolute Gasteiger partial charge is 0.387 e. The van der Waals surface area contributed by atoms with Crippen LogP contribution in [0.5, 0.6) is 5.75 Å². The van der Waals surface area contributed by atoms with Gasteiger partial charge >= 0.3 is 6.61 Å². The van der Waals surface area contributed by atoms with Crippen molar-refractivity contribution in [2.24, 2.45) is 0 Å². The number of hydrogen-bond acceptors (Lipinski definition) is 5. The lowest BCUT2D eigenvalue weighted by molar-refractivity contribution is -0.384. The number of nitro groups is 1. The molecule has 0 unspecified atom stereocenters. The lowest BCUT2D eigenvalue weighted by Crippen LogP contribution is -2.09. The van der Waals surface area contributed by atoms with Crippen molar-refractivity contribution in [1.29, 1.82) is 0 Å². The maximum absolute atomic E-state index is 12.2. The average molecular weight is 375 g/mol. The summed E-state index contributed by atoms with van der Waals surface area (Å²) in [5, 5.41) is 21.4. The summed E-state index contributed by atoms with van der Waals surface area (Å²) in [7, 11) is 0. The number of halogens is 2. The van der Waals surface area contributed by atoms with Gasteiger partial charge in [-0.2, -0.15) is 8.78 Å². The van der Waals surface area contributed by atoms with Crippen LogP contribution >= 0.6 is 0 Å². The van der Waals surface area contributed by atoms with Gasteiger partial charge in [0.2, 0.25) is 0 Å². The van der Waals surface area contributed by atoms with Crippen molar-refractivity contribution < 1.29 is 23.5 Å². The van der Waals surface area contributed by atoms with E-state index in [1.807, 2.05) is 0 Å². The van der Waals surface area contributed by atoms with Crippen LogP contribution in [0.4, 0.5) is 14.5 Å². The van der Waals surface area contributed by atoms with Gasteiger partial charge in [-0.05, 0) is 17.7 Å². The molecule has 1 aromatic heterocycles. The fourth-order valence-electron chi connectivity index (χ4n) is 2.64. The molecule has 0 saturated heterocycles. The summed E-state index contributed by atoms with van der Waals surface area (Å²) < 4.78 is 30.3. The number of alkyl halides is 2. The molecular weight excluding hydrogens is 360 g/mol. The Morgan fingerprint density at radius 3 is 2.63 bits per heavy atom. The van der Waals surface area contributed by atoms with E-state index in [0.29, 0.717) is 17.0 Å². The second-order valence-electron chi connectivity index (χ2n) is 5.67. The molecule has 0 aliphatic rings. The molecule has 0 aliphatic carbocycles. The predicted molar refractivity (Wildman–Crippen MR) is 92.4 cm³/mol. The Morgan fingerprint density at radius 2 is 1.96 bits per heavy atom. The minimum atomic E-state index is -2.91. The van der Waals surface area contributed by atoms with Crippen LogP contribution in [0, 0.1) is 10.1 Å². The Bertz CT molecular complexity index is 928. The van der Waals surface area contributed by atoms with E-state index in [1.54, 1.807) is 22.9 Å². The first-order valence-corrected chi connectivity index (χ1v) is 7.93. The van der Waals surface area contributed by atoms with Crippen LogP contribution < -0.4 is 4.74 Å². The molecule has 1 heterocycles. The maximum atomic E-state index is 12.2. The molecule has 0 bridgehead atoms. The number of imidazole rings is 1. The van der Waals surface area contributed by atoms with Crippen molar-refractivity contribution >= 4 is 5.69 Å². The number of benzene rings is 2. The molecule has 0 spiro atoms. The molecule has 1 atom stereocenters. The molecule has 0 radical (unpaired) electrons. The number of non-ortho nitro benzene ring substituents is 1. The molecule has 1 N–H and O–H groups in total. The molecule has 2 aromatic carbocycles. The molecule has 0 saturated carbocycles. The van der Waals surface area contributed by atoms with Gasteiger partial charge in [-0.25, -0.2) is 4.98 Å². The Kier molecular flexibility index (Phi) is 5.41. The maximum Gasteiger partial charge on any atom is 0.387 e. The van der Waals surface area contributed by atoms with Crippen LogP contribution in [0.3, 0.4) is 0 Å². The van der Waals surface area contributed by atoms with Crippen LogP contribution in [0.25, 0.3) is 11.4 Å². The zero-order chi connectivity index (χ0) is 19.4. The van der Waals surface area contributed by atoms with Gasteiger partial charge < -0.3 is 14.4 Å². The van der Waals surface area contributed by atoms with Gasteiger partial charge in [0.05, 0.1) is 17.6 Å². The van der Waals surface area contributed by atoms with Crippen LogP contribution in [0.2, 0.25) is 0 Å². The first-order chi connectivity index (χ1) is 12.9. The van der Waals surface area contributed by atoms with E-state index in [9.17, 15) is 24.0 Å². The highest BCUT2D eigenvalue weighted by Gasteiger charge is 2.15. The van der Waals surface area contributed by atoms with Crippen LogP contribution in [0.15, 0.2) is 60.9 Å². The van der Waals surface area contributed by atoms with E-state index in [0.717, 1.165) is 0 Å². The third kappa shape index (κ3) is 4.45. The van der Waals surface area contributed by atoms with Crippen LogP contribution in [0.1, 0.15) is 11.7 Å². The molecule has 9 heteroatoms. The van der Waals surface area contributed by atoms with Gasteiger partial charge in [-0.1, -0.05) is 24.3 Å². The largest absolute Gasteiger partial charge is 0.435 e. The minimum Gasteiger partial charge on any atom is -0.435 e. The van der Waals surface area contributed by atoms with Gasteiger partial charge in [0.1, 0.15) is 11.6 Å². The molecule has 7 nitrogen and oxygen atoms in total. The minimum absolute atomic E-state index is 0.000801. The summed E-state index contributed by atoms with van der Waals surface area (Å²) in [6.45, 7) is -2.78. The van der Waals surface area contributed by atoms with E-state index in [-0.39, 0.29) is 18.0 Å². The Balaban J connectivity index is 1.78. The standard InChI is InChI=1S/C18H15F2N3O4/c19-18(20)27-15-6-4-12(5-7-15)16(24)11-22-9-8-21-17(22)13-2-1-3-14(10-13)23(25)26/h1-10,16,18,24H,11H2/t16-/m1/s1. The lowest BCUT2D eigenvalue weighted by Gasteiger charge is -2.15. The van der Waals surface area contributed by atoms with Gasteiger partial charge in [0.25, 0.3) is 5.69 Å². The predicted octanol–water partition coefficient (Wildman–Crippen LogP) is 3.79. The number of ether oxygens (including phenoxy) is 1. The summed E-state index contributed by atoms with van der Waals surface area (Å²) in [4.78, 5) is 14.7. The lowest BCUT2D eigenvalue weighted by atomic mass is 10.1. The number of rotatable bonds is 7. The monoisotopic (exact) mass is 375 g/mol. The highest BCUT2D eigenvalue weighted by molar-refractivity contribution is 5.59. The number of hydrogen-bond donors (Lipinski definition) is 1. The molecule has 0 fully saturated rings. The fraction of sp³-hybridized carbons (Fsp3) is 0.167. The summed E-state index contributed by atoms with van der Waals surface area (Å²) in [6, 6.07) is 11.7. The van der Waals surface area contributed by atoms with Crippen LogP contribution in [-0.2, 0) is 6.54 Å². The average Bonchev–Trinajstić information content (AvgIpc) is 3.10. The number of nitrogens with zero attached hydrogens (tertiary/aromatic N) is 3. The Morgan fingerprint density at radius 1 is 1.22 bits per heavy atom. The first kappa shape index (κ1) is 18.5. The highest BCUT2D eigenvalue weighted by Crippen LogP contribution is 2.25. The van der Waals surface area contributed by atoms with E-state index in [4.69, 9.17) is 0 Å². The molecule has 3 aromatic rings. The van der Waals surface area contributed by atoms with Gasteiger partial charge in [-0.15, -0.1) is 0 Å². The number of aromatic nitrogens is 2. The first-order valence-electron chi connectivity index (χ1n) is 7.93. The van der Waals surface area contributed by atoms with Crippen molar-refractivity contribution in [2.75, 3.05) is 0 Å². The second-order valence-corrected chi connectivity index (χ2v) is 5.67. The van der Waals surface area contributed by atoms with Crippen molar-refractivity contribution in [3.05, 3.63) is 76.6 Å². The number of aliphatic hydroxyl groups is 1. The molecule has 27 heavy (non-hydrogen) atoms. The molecule has 3 rings (SSSR count). The number of nitro benzene ring substituents is 1. The normalized spacial score (nSPS) is 12.1. The van der Waals surface area contributed by atoms with Crippen molar-refractivity contribution in [2.45, 2.75) is 19.3 Å². The quantitative estimate of drug-likeness (QED) is 0.501. The second kappa shape index (κ2) is 7.92. The zero-order valence-corrected chi connectivity index (χ0v) is 13.9. The summed E-state index contributed by atoms with van der Waals surface area (Å²) in [5.41, 5.74) is 0.995. The topological polar surface area (TPSA) is 90.4 Å². The summed E-state index contributed by atoms with van der Waals surface area (Å²) in [5.74, 6) is 0.469. The molecule has 0 amide bonds. The third-order valence-electron chi connectivity index (χ3n) is 3.89. The Labute approximate surface area is 152 Å². The number of aliphatic hydroxyl groups excluding tert-OH is 1. The van der Waals surface area contributed by atoms with Gasteiger partial charge in [0.15, 0.2) is 0 Å². The molecule has 140 valence electrons. The van der Waals surface area contributed by atoms with Crippen LogP contribution in [-0.4, -0.2) is 26.2 Å². The third-order valence-corrected chi connectivity index (χ3v) is 3.89. The summed E-state index contributed by atoms with van der Waals surface area (Å²) in [6.07, 6.45) is 2.24. The Hall–Kier alpha value is -3.33. The fourth-order valence-corrected chi connectivity index (χ4v) is 2.64. The van der Waals surface area contributed by atoms with Gasteiger partial charge in [0, 0.05) is 30.1 Å². The molecular formula is C18H15F2N3O4. The van der Waals surface area contributed by atoms with Crippen molar-refractivity contribution in [1.82, 2.24) is 9.55 Å². The molecule has 0 aliphatic heterocycles. The SMILES string of the molecule is O=[N+]([O-])c1cccc(-c2nccn2C[C@@H](O)c2ccc(OC(F)F)cc2)c1. The van der Waals surface area contributed by atoms with Crippen molar-refractivity contribution in [3.8, 4) is 17.1 Å². The summed E-state index contributed by atoms with van der Waals surface area (Å²) >= 11 is 0. The van der Waals surface area contributed by atoms with Crippen molar-refractivity contribution in [3.63, 3.8) is 0 Å². The van der Waals surface area contributed by atoms with E-state index >= 15 is 0 Å². The highest BCUT2D eigenvalue weighted by atomic mass is 19.3. The van der Waals surface area contributed by atoms with E-state index < -0.39 is 17.6 Å². The zero-order valence-electron chi connectivity index (χ0n) is 13.9. The van der Waals surface area contributed by atoms with E-state index in [2.05, 4.69) is 9.72 Å².